The minimum atomic E-state index is -4.13. The Morgan fingerprint density at radius 3 is 2.03 bits per heavy atom. The Hall–Kier alpha value is -3.72. The highest BCUT2D eigenvalue weighted by Crippen LogP contribution is 2.25. The number of likely N-dealkylation sites (N-methyl/N-ethyl adjacent to an activating group) is 1. The van der Waals surface area contributed by atoms with Crippen LogP contribution < -0.4 is 9.62 Å². The van der Waals surface area contributed by atoms with Gasteiger partial charge in [-0.25, -0.2) is 12.8 Å². The molecule has 0 saturated carbocycles. The van der Waals surface area contributed by atoms with E-state index in [0.29, 0.717) is 5.69 Å². The van der Waals surface area contributed by atoms with Crippen LogP contribution in [0.1, 0.15) is 23.6 Å². The van der Waals surface area contributed by atoms with Gasteiger partial charge in [-0.1, -0.05) is 53.6 Å². The number of aryl methyl sites for hydroxylation is 2. The van der Waals surface area contributed by atoms with Gasteiger partial charge in [0.05, 0.1) is 10.6 Å². The zero-order chi connectivity index (χ0) is 26.5. The van der Waals surface area contributed by atoms with Crippen molar-refractivity contribution in [3.8, 4) is 0 Å². The summed E-state index contributed by atoms with van der Waals surface area (Å²) in [6.07, 6.45) is 0. The van der Waals surface area contributed by atoms with Crippen molar-refractivity contribution in [2.24, 2.45) is 0 Å². The number of hydrogen-bond acceptors (Lipinski definition) is 4. The molecule has 0 spiro atoms. The third-order valence-electron chi connectivity index (χ3n) is 5.92. The normalized spacial score (nSPS) is 12.0. The van der Waals surface area contributed by atoms with E-state index in [9.17, 15) is 22.4 Å². The first-order chi connectivity index (χ1) is 17.0. The number of hydrogen-bond donors (Lipinski definition) is 1. The first-order valence-electron chi connectivity index (χ1n) is 11.4. The molecule has 0 aromatic heterocycles. The first-order valence-corrected chi connectivity index (χ1v) is 12.9. The Balaban J connectivity index is 2.03. The number of carbonyl (C=O) groups excluding carboxylic acids is 2. The average molecular weight is 512 g/mol. The molecule has 2 amide bonds. The zero-order valence-electron chi connectivity index (χ0n) is 20.7. The number of rotatable bonds is 9. The van der Waals surface area contributed by atoms with E-state index in [1.54, 1.807) is 42.5 Å². The first kappa shape index (κ1) is 26.9. The van der Waals surface area contributed by atoms with Gasteiger partial charge in [-0.2, -0.15) is 0 Å². The molecule has 3 rings (SSSR count). The Morgan fingerprint density at radius 1 is 0.917 bits per heavy atom. The summed E-state index contributed by atoms with van der Waals surface area (Å²) in [7, 11) is -2.70. The quantitative estimate of drug-likeness (QED) is 0.474. The fourth-order valence-corrected chi connectivity index (χ4v) is 5.09. The number of carbonyl (C=O) groups is 2. The van der Waals surface area contributed by atoms with E-state index in [4.69, 9.17) is 0 Å². The summed E-state index contributed by atoms with van der Waals surface area (Å²) < 4.78 is 42.8. The summed E-state index contributed by atoms with van der Waals surface area (Å²) in [5.74, 6) is -1.63. The Morgan fingerprint density at radius 2 is 1.47 bits per heavy atom. The Labute approximate surface area is 211 Å². The van der Waals surface area contributed by atoms with Crippen LogP contribution >= 0.6 is 0 Å². The highest BCUT2D eigenvalue weighted by Gasteiger charge is 2.32. The largest absolute Gasteiger partial charge is 0.357 e. The monoisotopic (exact) mass is 511 g/mol. The van der Waals surface area contributed by atoms with Crippen LogP contribution in [0.5, 0.6) is 0 Å². The Bertz CT molecular complexity index is 1330. The molecule has 0 saturated heterocycles. The van der Waals surface area contributed by atoms with Gasteiger partial charge in [-0.05, 0) is 51.1 Å². The summed E-state index contributed by atoms with van der Waals surface area (Å²) in [6.45, 7) is 4.46. The molecule has 7 nitrogen and oxygen atoms in total. The van der Waals surface area contributed by atoms with Crippen molar-refractivity contribution in [1.82, 2.24) is 10.2 Å². The van der Waals surface area contributed by atoms with Gasteiger partial charge in [0.2, 0.25) is 11.8 Å². The molecule has 9 heteroatoms. The van der Waals surface area contributed by atoms with Crippen molar-refractivity contribution < 1.29 is 22.4 Å². The number of benzene rings is 3. The lowest BCUT2D eigenvalue weighted by Crippen LogP contribution is -2.50. The summed E-state index contributed by atoms with van der Waals surface area (Å²) >= 11 is 0. The topological polar surface area (TPSA) is 86.8 Å². The van der Waals surface area contributed by atoms with E-state index in [1.165, 1.54) is 49.2 Å². The van der Waals surface area contributed by atoms with Crippen molar-refractivity contribution in [3.63, 3.8) is 0 Å². The SMILES string of the molecule is CNC(=O)[C@H](C)N(Cc1ccccc1F)C(=O)CN(c1ccc(C)cc1)S(=O)(=O)c1ccc(C)cc1. The number of amides is 2. The second kappa shape index (κ2) is 11.3. The van der Waals surface area contributed by atoms with Crippen molar-refractivity contribution in [1.29, 1.82) is 0 Å². The highest BCUT2D eigenvalue weighted by molar-refractivity contribution is 7.92. The fourth-order valence-electron chi connectivity index (χ4n) is 3.68. The molecule has 1 atom stereocenters. The van der Waals surface area contributed by atoms with E-state index in [-0.39, 0.29) is 17.0 Å². The zero-order valence-corrected chi connectivity index (χ0v) is 21.5. The molecule has 0 unspecified atom stereocenters. The van der Waals surface area contributed by atoms with Crippen LogP contribution in [0.25, 0.3) is 0 Å². The number of anilines is 1. The smallest absolute Gasteiger partial charge is 0.264 e. The van der Waals surface area contributed by atoms with E-state index >= 15 is 0 Å². The minimum absolute atomic E-state index is 0.0291. The molecule has 0 fully saturated rings. The minimum Gasteiger partial charge on any atom is -0.357 e. The molecule has 0 heterocycles. The summed E-state index contributed by atoms with van der Waals surface area (Å²) in [5, 5.41) is 2.49. The van der Waals surface area contributed by atoms with E-state index in [2.05, 4.69) is 5.32 Å². The van der Waals surface area contributed by atoms with Crippen molar-refractivity contribution in [2.75, 3.05) is 17.9 Å². The van der Waals surface area contributed by atoms with E-state index in [1.807, 2.05) is 13.8 Å². The van der Waals surface area contributed by atoms with Crippen molar-refractivity contribution in [2.45, 2.75) is 38.3 Å². The molecule has 0 radical (unpaired) electrons. The Kier molecular flexibility index (Phi) is 8.47. The third kappa shape index (κ3) is 6.09. The number of sulfonamides is 1. The molecular formula is C27H30FN3O4S. The molecule has 0 aliphatic carbocycles. The van der Waals surface area contributed by atoms with Crippen LogP contribution in [-0.2, 0) is 26.2 Å². The maximum absolute atomic E-state index is 14.4. The third-order valence-corrected chi connectivity index (χ3v) is 7.71. The molecule has 3 aromatic carbocycles. The summed E-state index contributed by atoms with van der Waals surface area (Å²) in [4.78, 5) is 27.3. The number of halogens is 1. The predicted octanol–water partition coefficient (Wildman–Crippen LogP) is 3.80. The van der Waals surface area contributed by atoms with E-state index in [0.717, 1.165) is 15.4 Å². The average Bonchev–Trinajstić information content (AvgIpc) is 2.86. The van der Waals surface area contributed by atoms with Gasteiger partial charge < -0.3 is 10.2 Å². The maximum Gasteiger partial charge on any atom is 0.264 e. The van der Waals surface area contributed by atoms with Gasteiger partial charge >= 0.3 is 0 Å². The molecule has 0 bridgehead atoms. The van der Waals surface area contributed by atoms with Crippen LogP contribution in [0.15, 0.2) is 77.7 Å². The number of nitrogens with one attached hydrogen (secondary N) is 1. The second-order valence-corrected chi connectivity index (χ2v) is 10.4. The molecular weight excluding hydrogens is 481 g/mol. The van der Waals surface area contributed by atoms with Gasteiger partial charge in [-0.15, -0.1) is 0 Å². The van der Waals surface area contributed by atoms with Gasteiger partial charge in [0.1, 0.15) is 18.4 Å². The lowest BCUT2D eigenvalue weighted by atomic mass is 10.1. The standard InChI is InChI=1S/C27H30FN3O4S/c1-19-9-13-23(14-10-19)31(36(34,35)24-15-11-20(2)12-16-24)18-26(32)30(21(3)27(33)29-4)17-22-7-5-6-8-25(22)28/h5-16,21H,17-18H2,1-4H3,(H,29,33)/t21-/m0/s1. The molecule has 190 valence electrons. The van der Waals surface area contributed by atoms with Crippen LogP contribution in [0.3, 0.4) is 0 Å². The summed E-state index contributed by atoms with van der Waals surface area (Å²) in [6, 6.07) is 18.1. The lowest BCUT2D eigenvalue weighted by Gasteiger charge is -2.31. The van der Waals surface area contributed by atoms with Crippen LogP contribution in [0.2, 0.25) is 0 Å². The molecule has 36 heavy (non-hydrogen) atoms. The molecule has 3 aromatic rings. The van der Waals surface area contributed by atoms with Crippen molar-refractivity contribution >= 4 is 27.5 Å². The van der Waals surface area contributed by atoms with E-state index < -0.39 is 40.2 Å². The highest BCUT2D eigenvalue weighted by atomic mass is 32.2. The maximum atomic E-state index is 14.4. The van der Waals surface area contributed by atoms with Crippen LogP contribution in [-0.4, -0.2) is 44.8 Å². The van der Waals surface area contributed by atoms with Crippen LogP contribution in [0.4, 0.5) is 10.1 Å². The summed E-state index contributed by atoms with van der Waals surface area (Å²) in [5.41, 5.74) is 2.33. The lowest BCUT2D eigenvalue weighted by molar-refractivity contribution is -0.139. The van der Waals surface area contributed by atoms with Crippen LogP contribution in [0, 0.1) is 19.7 Å². The molecule has 1 N–H and O–H groups in total. The fraction of sp³-hybridized carbons (Fsp3) is 0.259. The van der Waals surface area contributed by atoms with Gasteiger partial charge in [-0.3, -0.25) is 13.9 Å². The number of nitrogens with zero attached hydrogens (tertiary/aromatic N) is 2. The second-order valence-electron chi connectivity index (χ2n) is 8.56. The van der Waals surface area contributed by atoms with Gasteiger partial charge in [0.15, 0.2) is 0 Å². The molecule has 0 aliphatic heterocycles. The van der Waals surface area contributed by atoms with Crippen molar-refractivity contribution in [3.05, 3.63) is 95.3 Å². The van der Waals surface area contributed by atoms with Gasteiger partial charge in [0.25, 0.3) is 10.0 Å². The molecule has 0 aliphatic rings. The van der Waals surface area contributed by atoms with Gasteiger partial charge in [0, 0.05) is 19.2 Å². The predicted molar refractivity (Wildman–Crippen MR) is 137 cm³/mol.